The van der Waals surface area contributed by atoms with Gasteiger partial charge in [-0.05, 0) is 24.3 Å². The minimum atomic E-state index is -0.337. The molecule has 2 atom stereocenters. The van der Waals surface area contributed by atoms with E-state index in [9.17, 15) is 0 Å². The van der Waals surface area contributed by atoms with Gasteiger partial charge in [-0.1, -0.05) is 12.1 Å². The van der Waals surface area contributed by atoms with Crippen LogP contribution in [0.4, 0.5) is 0 Å². The lowest BCUT2D eigenvalue weighted by Crippen LogP contribution is -2.27. The van der Waals surface area contributed by atoms with Crippen LogP contribution in [0.1, 0.15) is 23.5 Å². The number of hydrogen-bond donors (Lipinski definition) is 2. The van der Waals surface area contributed by atoms with Gasteiger partial charge in [0, 0.05) is 12.4 Å². The van der Waals surface area contributed by atoms with Gasteiger partial charge in [0.05, 0.1) is 23.5 Å². The molecule has 0 aliphatic heterocycles. The molecule has 82 valence electrons. The zero-order valence-corrected chi connectivity index (χ0v) is 8.82. The van der Waals surface area contributed by atoms with Crippen LogP contribution in [0, 0.1) is 0 Å². The van der Waals surface area contributed by atoms with E-state index in [4.69, 9.17) is 11.5 Å². The third-order valence-electron chi connectivity index (χ3n) is 2.45. The Hall–Kier alpha value is -1.78. The molecule has 4 N–H and O–H groups in total. The SMILES string of the molecule is N[C@H](c1ccccn1)[C@H](N)c1ccccn1. The fourth-order valence-electron chi connectivity index (χ4n) is 1.51. The first-order chi connectivity index (χ1) is 7.79. The molecular formula is C12H14N4. The molecule has 0 saturated carbocycles. The molecule has 0 radical (unpaired) electrons. The highest BCUT2D eigenvalue weighted by Gasteiger charge is 2.18. The van der Waals surface area contributed by atoms with Gasteiger partial charge in [-0.3, -0.25) is 9.97 Å². The van der Waals surface area contributed by atoms with Gasteiger partial charge in [0.25, 0.3) is 0 Å². The van der Waals surface area contributed by atoms with Crippen molar-refractivity contribution in [1.82, 2.24) is 9.97 Å². The first-order valence-electron chi connectivity index (χ1n) is 5.12. The molecule has 16 heavy (non-hydrogen) atoms. The van der Waals surface area contributed by atoms with Crippen LogP contribution in [0.3, 0.4) is 0 Å². The molecule has 2 rings (SSSR count). The van der Waals surface area contributed by atoms with Crippen LogP contribution in [0.2, 0.25) is 0 Å². The lowest BCUT2D eigenvalue weighted by atomic mass is 10.0. The van der Waals surface area contributed by atoms with Crippen molar-refractivity contribution in [2.75, 3.05) is 0 Å². The van der Waals surface area contributed by atoms with Crippen LogP contribution in [0.25, 0.3) is 0 Å². The van der Waals surface area contributed by atoms with Crippen molar-refractivity contribution in [3.8, 4) is 0 Å². The normalized spacial score (nSPS) is 14.4. The third-order valence-corrected chi connectivity index (χ3v) is 2.45. The van der Waals surface area contributed by atoms with Gasteiger partial charge in [0.1, 0.15) is 0 Å². The smallest absolute Gasteiger partial charge is 0.0681 e. The highest BCUT2D eigenvalue weighted by atomic mass is 14.9. The van der Waals surface area contributed by atoms with Crippen molar-refractivity contribution in [3.63, 3.8) is 0 Å². The Balaban J connectivity index is 2.20. The minimum Gasteiger partial charge on any atom is -0.321 e. The molecule has 2 aromatic heterocycles. The van der Waals surface area contributed by atoms with Crippen molar-refractivity contribution in [2.45, 2.75) is 12.1 Å². The predicted molar refractivity (Wildman–Crippen MR) is 62.3 cm³/mol. The number of pyridine rings is 2. The third kappa shape index (κ3) is 2.24. The minimum absolute atomic E-state index is 0.337. The van der Waals surface area contributed by atoms with E-state index in [0.29, 0.717) is 0 Å². The monoisotopic (exact) mass is 214 g/mol. The summed E-state index contributed by atoms with van der Waals surface area (Å²) in [5.41, 5.74) is 13.6. The van der Waals surface area contributed by atoms with Crippen molar-refractivity contribution >= 4 is 0 Å². The summed E-state index contributed by atoms with van der Waals surface area (Å²) in [5, 5.41) is 0. The first kappa shape index (κ1) is 10.7. The molecule has 0 unspecified atom stereocenters. The van der Waals surface area contributed by atoms with Gasteiger partial charge in [-0.25, -0.2) is 0 Å². The number of hydrogen-bond acceptors (Lipinski definition) is 4. The van der Waals surface area contributed by atoms with Crippen molar-refractivity contribution < 1.29 is 0 Å². The molecule has 0 aliphatic rings. The molecule has 0 saturated heterocycles. The number of nitrogens with zero attached hydrogens (tertiary/aromatic N) is 2. The maximum atomic E-state index is 6.04. The summed E-state index contributed by atoms with van der Waals surface area (Å²) < 4.78 is 0. The summed E-state index contributed by atoms with van der Waals surface area (Å²) in [7, 11) is 0. The van der Waals surface area contributed by atoms with E-state index in [2.05, 4.69) is 9.97 Å². The second-order valence-electron chi connectivity index (χ2n) is 3.56. The summed E-state index contributed by atoms with van der Waals surface area (Å²) in [6.07, 6.45) is 3.42. The fraction of sp³-hybridized carbons (Fsp3) is 0.167. The van der Waals surface area contributed by atoms with Crippen molar-refractivity contribution in [1.29, 1.82) is 0 Å². The van der Waals surface area contributed by atoms with E-state index in [1.165, 1.54) is 0 Å². The van der Waals surface area contributed by atoms with Gasteiger partial charge < -0.3 is 11.5 Å². The molecule has 2 aromatic rings. The second-order valence-corrected chi connectivity index (χ2v) is 3.56. The summed E-state index contributed by atoms with van der Waals surface area (Å²) in [6.45, 7) is 0. The lowest BCUT2D eigenvalue weighted by molar-refractivity contribution is 0.548. The van der Waals surface area contributed by atoms with Gasteiger partial charge >= 0.3 is 0 Å². The number of aromatic nitrogens is 2. The predicted octanol–water partition coefficient (Wildman–Crippen LogP) is 1.18. The average Bonchev–Trinajstić information content (AvgIpc) is 2.39. The highest BCUT2D eigenvalue weighted by Crippen LogP contribution is 2.20. The van der Waals surface area contributed by atoms with Gasteiger partial charge in [0.15, 0.2) is 0 Å². The van der Waals surface area contributed by atoms with Gasteiger partial charge in [-0.2, -0.15) is 0 Å². The summed E-state index contributed by atoms with van der Waals surface area (Å²) in [6, 6.07) is 10.6. The van der Waals surface area contributed by atoms with E-state index in [0.717, 1.165) is 11.4 Å². The maximum Gasteiger partial charge on any atom is 0.0681 e. The van der Waals surface area contributed by atoms with Crippen LogP contribution < -0.4 is 11.5 Å². The van der Waals surface area contributed by atoms with Crippen molar-refractivity contribution in [3.05, 3.63) is 60.2 Å². The molecular weight excluding hydrogens is 200 g/mol. The molecule has 4 heteroatoms. The Morgan fingerprint density at radius 2 is 1.19 bits per heavy atom. The molecule has 0 fully saturated rings. The Morgan fingerprint density at radius 3 is 1.50 bits per heavy atom. The number of nitrogens with two attached hydrogens (primary N) is 2. The standard InChI is InChI=1S/C12H14N4/c13-11(9-5-1-3-7-15-9)12(14)10-6-2-4-8-16-10/h1-8,11-12H,13-14H2/t11-,12-/m1/s1. The quantitative estimate of drug-likeness (QED) is 0.804. The Labute approximate surface area is 94.3 Å². The van der Waals surface area contributed by atoms with E-state index in [1.807, 2.05) is 36.4 Å². The zero-order chi connectivity index (χ0) is 11.4. The molecule has 0 spiro atoms. The van der Waals surface area contributed by atoms with Crippen LogP contribution >= 0.6 is 0 Å². The van der Waals surface area contributed by atoms with Crippen LogP contribution in [0.5, 0.6) is 0 Å². The van der Waals surface area contributed by atoms with E-state index >= 15 is 0 Å². The van der Waals surface area contributed by atoms with Crippen LogP contribution in [-0.4, -0.2) is 9.97 Å². The Morgan fingerprint density at radius 1 is 0.750 bits per heavy atom. The topological polar surface area (TPSA) is 77.8 Å². The van der Waals surface area contributed by atoms with Gasteiger partial charge in [-0.15, -0.1) is 0 Å². The molecule has 4 nitrogen and oxygen atoms in total. The van der Waals surface area contributed by atoms with E-state index in [1.54, 1.807) is 12.4 Å². The first-order valence-corrected chi connectivity index (χ1v) is 5.12. The Kier molecular flexibility index (Phi) is 3.24. The molecule has 0 aliphatic carbocycles. The fourth-order valence-corrected chi connectivity index (χ4v) is 1.51. The summed E-state index contributed by atoms with van der Waals surface area (Å²) >= 11 is 0. The summed E-state index contributed by atoms with van der Waals surface area (Å²) in [4.78, 5) is 8.38. The maximum absolute atomic E-state index is 6.04. The lowest BCUT2D eigenvalue weighted by Gasteiger charge is -2.18. The zero-order valence-electron chi connectivity index (χ0n) is 8.82. The van der Waals surface area contributed by atoms with Crippen molar-refractivity contribution in [2.24, 2.45) is 11.5 Å². The number of rotatable bonds is 3. The summed E-state index contributed by atoms with van der Waals surface area (Å²) in [5.74, 6) is 0. The van der Waals surface area contributed by atoms with Crippen LogP contribution in [0.15, 0.2) is 48.8 Å². The average molecular weight is 214 g/mol. The molecule has 0 aromatic carbocycles. The highest BCUT2D eigenvalue weighted by molar-refractivity contribution is 5.17. The van der Waals surface area contributed by atoms with E-state index in [-0.39, 0.29) is 12.1 Å². The Bertz CT molecular complexity index is 386. The second kappa shape index (κ2) is 4.83. The van der Waals surface area contributed by atoms with E-state index < -0.39 is 0 Å². The van der Waals surface area contributed by atoms with Gasteiger partial charge in [0.2, 0.25) is 0 Å². The largest absolute Gasteiger partial charge is 0.321 e. The molecule has 2 heterocycles. The van der Waals surface area contributed by atoms with Crippen LogP contribution in [-0.2, 0) is 0 Å². The molecule has 0 bridgehead atoms. The molecule has 0 amide bonds.